The van der Waals surface area contributed by atoms with E-state index in [4.69, 9.17) is 5.11 Å². The summed E-state index contributed by atoms with van der Waals surface area (Å²) in [6.07, 6.45) is 1.74. The van der Waals surface area contributed by atoms with Gasteiger partial charge in [0.25, 0.3) is 0 Å². The molecule has 0 amide bonds. The van der Waals surface area contributed by atoms with Crippen LogP contribution in [0.2, 0.25) is 0 Å². The van der Waals surface area contributed by atoms with Crippen molar-refractivity contribution in [3.8, 4) is 0 Å². The predicted molar refractivity (Wildman–Crippen MR) is 67.5 cm³/mol. The summed E-state index contributed by atoms with van der Waals surface area (Å²) in [5.41, 5.74) is -0.0823. The number of hydrogen-bond acceptors (Lipinski definition) is 4. The van der Waals surface area contributed by atoms with E-state index < -0.39 is 11.8 Å². The number of benzene rings is 1. The molecule has 1 aromatic carbocycles. The van der Waals surface area contributed by atoms with Gasteiger partial charge in [-0.2, -0.15) is 0 Å². The van der Waals surface area contributed by atoms with Gasteiger partial charge in [0.2, 0.25) is 0 Å². The summed E-state index contributed by atoms with van der Waals surface area (Å²) in [6.45, 7) is 2.31. The van der Waals surface area contributed by atoms with E-state index in [0.717, 1.165) is 16.0 Å². The van der Waals surface area contributed by atoms with Gasteiger partial charge < -0.3 is 10.4 Å². The van der Waals surface area contributed by atoms with Crippen molar-refractivity contribution in [2.45, 2.75) is 13.5 Å². The number of anilines is 1. The largest absolute Gasteiger partial charge is 0.478 e. The summed E-state index contributed by atoms with van der Waals surface area (Å²) in [5, 5.41) is 12.7. The van der Waals surface area contributed by atoms with Crippen molar-refractivity contribution >= 4 is 23.0 Å². The van der Waals surface area contributed by atoms with Gasteiger partial charge in [-0.25, -0.2) is 14.2 Å². The molecule has 0 fully saturated rings. The van der Waals surface area contributed by atoms with E-state index in [1.807, 2.05) is 6.92 Å². The highest BCUT2D eigenvalue weighted by molar-refractivity contribution is 7.11. The molecule has 2 aromatic rings. The molecule has 0 aliphatic heterocycles. The Morgan fingerprint density at radius 3 is 2.94 bits per heavy atom. The van der Waals surface area contributed by atoms with Gasteiger partial charge in [0.05, 0.1) is 12.2 Å². The molecule has 4 nitrogen and oxygen atoms in total. The zero-order chi connectivity index (χ0) is 13.1. The van der Waals surface area contributed by atoms with E-state index in [2.05, 4.69) is 10.3 Å². The number of carboxylic acid groups (broad SMARTS) is 1. The molecule has 0 bridgehead atoms. The van der Waals surface area contributed by atoms with Crippen LogP contribution in [0.15, 0.2) is 24.4 Å². The third-order valence-corrected chi connectivity index (χ3v) is 3.24. The molecule has 0 saturated heterocycles. The Labute approximate surface area is 107 Å². The fourth-order valence-corrected chi connectivity index (χ4v) is 2.27. The molecule has 1 heterocycles. The zero-order valence-corrected chi connectivity index (χ0v) is 10.4. The fourth-order valence-electron chi connectivity index (χ4n) is 1.54. The van der Waals surface area contributed by atoms with Crippen molar-refractivity contribution in [2.24, 2.45) is 0 Å². The number of carboxylic acids is 1. The average Bonchev–Trinajstić information content (AvgIpc) is 2.72. The summed E-state index contributed by atoms with van der Waals surface area (Å²) in [4.78, 5) is 16.2. The van der Waals surface area contributed by atoms with Crippen molar-refractivity contribution < 1.29 is 14.3 Å². The van der Waals surface area contributed by atoms with E-state index in [1.54, 1.807) is 6.20 Å². The standard InChI is InChI=1S/C12H11FN2O2S/c1-7-5-15-10(18-7)6-14-9-4-2-3-8(13)11(9)12(16)17/h2-5,14H,6H2,1H3,(H,16,17). The first-order valence-electron chi connectivity index (χ1n) is 5.25. The van der Waals surface area contributed by atoms with Crippen LogP contribution < -0.4 is 5.32 Å². The third kappa shape index (κ3) is 2.65. The van der Waals surface area contributed by atoms with Crippen LogP contribution in [0.5, 0.6) is 0 Å². The van der Waals surface area contributed by atoms with Crippen LogP contribution in [0.25, 0.3) is 0 Å². The average molecular weight is 266 g/mol. The van der Waals surface area contributed by atoms with Crippen molar-refractivity contribution in [3.63, 3.8) is 0 Å². The number of nitrogens with one attached hydrogen (secondary N) is 1. The lowest BCUT2D eigenvalue weighted by Crippen LogP contribution is -2.08. The second-order valence-electron chi connectivity index (χ2n) is 3.69. The molecule has 0 unspecified atom stereocenters. The Kier molecular flexibility index (Phi) is 3.57. The second kappa shape index (κ2) is 5.14. The van der Waals surface area contributed by atoms with Crippen molar-refractivity contribution in [2.75, 3.05) is 5.32 Å². The van der Waals surface area contributed by atoms with Crippen LogP contribution in [-0.2, 0) is 6.54 Å². The number of carbonyl (C=O) groups is 1. The lowest BCUT2D eigenvalue weighted by Gasteiger charge is -2.08. The number of aromatic carboxylic acids is 1. The molecular weight excluding hydrogens is 255 g/mol. The van der Waals surface area contributed by atoms with Gasteiger partial charge in [-0.3, -0.25) is 0 Å². The number of halogens is 1. The van der Waals surface area contributed by atoms with Crippen molar-refractivity contribution in [1.82, 2.24) is 4.98 Å². The van der Waals surface area contributed by atoms with Crippen molar-refractivity contribution in [3.05, 3.63) is 45.7 Å². The lowest BCUT2D eigenvalue weighted by atomic mass is 10.1. The molecule has 1 aromatic heterocycles. The second-order valence-corrected chi connectivity index (χ2v) is 5.01. The minimum atomic E-state index is -1.29. The van der Waals surface area contributed by atoms with Crippen LogP contribution in [0.4, 0.5) is 10.1 Å². The maximum Gasteiger partial charge on any atom is 0.340 e. The molecular formula is C12H11FN2O2S. The topological polar surface area (TPSA) is 62.2 Å². The normalized spacial score (nSPS) is 10.3. The van der Waals surface area contributed by atoms with Gasteiger partial charge in [0.15, 0.2) is 0 Å². The fraction of sp³-hybridized carbons (Fsp3) is 0.167. The summed E-state index contributed by atoms with van der Waals surface area (Å²) >= 11 is 1.51. The summed E-state index contributed by atoms with van der Waals surface area (Å²) < 4.78 is 13.4. The first-order valence-corrected chi connectivity index (χ1v) is 6.06. The number of hydrogen-bond donors (Lipinski definition) is 2. The highest BCUT2D eigenvalue weighted by Crippen LogP contribution is 2.20. The molecule has 0 atom stereocenters. The Hall–Kier alpha value is -1.95. The molecule has 2 rings (SSSR count). The highest BCUT2D eigenvalue weighted by atomic mass is 32.1. The Morgan fingerprint density at radius 2 is 2.33 bits per heavy atom. The number of aryl methyl sites for hydroxylation is 1. The van der Waals surface area contributed by atoms with Gasteiger partial charge in [-0.05, 0) is 19.1 Å². The van der Waals surface area contributed by atoms with E-state index in [9.17, 15) is 9.18 Å². The smallest absolute Gasteiger partial charge is 0.340 e. The van der Waals surface area contributed by atoms with Gasteiger partial charge >= 0.3 is 5.97 Å². The number of nitrogens with zero attached hydrogens (tertiary/aromatic N) is 1. The minimum absolute atomic E-state index is 0.260. The molecule has 0 saturated carbocycles. The molecule has 0 aliphatic carbocycles. The van der Waals surface area contributed by atoms with Crippen LogP contribution in [0.1, 0.15) is 20.2 Å². The Morgan fingerprint density at radius 1 is 1.56 bits per heavy atom. The van der Waals surface area contributed by atoms with E-state index in [0.29, 0.717) is 6.54 Å². The molecule has 0 radical (unpaired) electrons. The van der Waals surface area contributed by atoms with E-state index >= 15 is 0 Å². The van der Waals surface area contributed by atoms with E-state index in [-0.39, 0.29) is 11.3 Å². The van der Waals surface area contributed by atoms with Gasteiger partial charge in [-0.15, -0.1) is 11.3 Å². The predicted octanol–water partition coefficient (Wildman–Crippen LogP) is 2.90. The number of thiazole rings is 1. The minimum Gasteiger partial charge on any atom is -0.478 e. The van der Waals surface area contributed by atoms with E-state index in [1.165, 1.54) is 23.5 Å². The number of rotatable bonds is 4. The molecule has 94 valence electrons. The molecule has 2 N–H and O–H groups in total. The van der Waals surface area contributed by atoms with Crippen LogP contribution >= 0.6 is 11.3 Å². The third-order valence-electron chi connectivity index (χ3n) is 2.33. The SMILES string of the molecule is Cc1cnc(CNc2cccc(F)c2C(=O)O)s1. The van der Waals surface area contributed by atoms with Gasteiger partial charge in [0, 0.05) is 11.1 Å². The van der Waals surface area contributed by atoms with Crippen molar-refractivity contribution in [1.29, 1.82) is 0 Å². The molecule has 6 heteroatoms. The first kappa shape index (κ1) is 12.5. The molecule has 0 aliphatic rings. The molecule has 0 spiro atoms. The zero-order valence-electron chi connectivity index (χ0n) is 9.61. The monoisotopic (exact) mass is 266 g/mol. The van der Waals surface area contributed by atoms with Crippen LogP contribution in [0, 0.1) is 12.7 Å². The lowest BCUT2D eigenvalue weighted by molar-refractivity contribution is 0.0693. The van der Waals surface area contributed by atoms with Crippen LogP contribution in [0.3, 0.4) is 0 Å². The highest BCUT2D eigenvalue weighted by Gasteiger charge is 2.15. The quantitative estimate of drug-likeness (QED) is 0.893. The summed E-state index contributed by atoms with van der Waals surface area (Å²) in [7, 11) is 0. The van der Waals surface area contributed by atoms with Crippen LogP contribution in [-0.4, -0.2) is 16.1 Å². The van der Waals surface area contributed by atoms with Gasteiger partial charge in [-0.1, -0.05) is 6.07 Å². The number of aromatic nitrogens is 1. The molecule has 18 heavy (non-hydrogen) atoms. The summed E-state index contributed by atoms with van der Waals surface area (Å²) in [5.74, 6) is -2.03. The van der Waals surface area contributed by atoms with Gasteiger partial charge in [0.1, 0.15) is 16.4 Å². The summed E-state index contributed by atoms with van der Waals surface area (Å²) in [6, 6.07) is 4.13. The first-order chi connectivity index (χ1) is 8.58. The maximum absolute atomic E-state index is 13.4. The maximum atomic E-state index is 13.4. The Bertz CT molecular complexity index is 583. The Balaban J connectivity index is 2.19.